The fraction of sp³-hybridized carbons (Fsp3) is 0.636. The number of aliphatic carboxylic acids is 1. The highest BCUT2D eigenvalue weighted by Crippen LogP contribution is 2.22. The third-order valence-electron chi connectivity index (χ3n) is 4.33. The predicted octanol–water partition coefficient (Wildman–Crippen LogP) is 5.73. The molecule has 1 rings (SSSR count). The third-order valence-corrected chi connectivity index (χ3v) is 5.32. The Labute approximate surface area is 168 Å². The zero-order valence-electron chi connectivity index (χ0n) is 16.7. The number of esters is 1. The maximum absolute atomic E-state index is 12.0. The molecule has 0 aliphatic rings. The molecular weight excluding hydrogens is 360 g/mol. The molecule has 0 amide bonds. The number of carbonyl (C=O) groups is 2. The highest BCUT2D eigenvalue weighted by Gasteiger charge is 2.09. The number of para-hydroxylation sites is 1. The van der Waals surface area contributed by atoms with E-state index in [4.69, 9.17) is 9.84 Å². The van der Waals surface area contributed by atoms with Gasteiger partial charge in [-0.15, -0.1) is 0 Å². The number of ether oxygens (including phenoxy) is 1. The van der Waals surface area contributed by atoms with Crippen LogP contribution >= 0.6 is 11.8 Å². The normalized spacial score (nSPS) is 10.9. The number of rotatable bonds is 15. The van der Waals surface area contributed by atoms with E-state index in [1.54, 1.807) is 0 Å². The number of thioether (sulfide) groups is 1. The monoisotopic (exact) mass is 394 g/mol. The van der Waals surface area contributed by atoms with Crippen LogP contribution in [0.5, 0.6) is 5.75 Å². The zero-order chi connectivity index (χ0) is 19.9. The number of unbranched alkanes of at least 4 members (excludes halogenated alkanes) is 4. The number of benzene rings is 1. The van der Waals surface area contributed by atoms with Crippen molar-refractivity contribution in [1.29, 1.82) is 0 Å². The summed E-state index contributed by atoms with van der Waals surface area (Å²) in [5.74, 6) is 1.51. The van der Waals surface area contributed by atoms with Crippen molar-refractivity contribution in [3.8, 4) is 5.75 Å². The van der Waals surface area contributed by atoms with Gasteiger partial charge < -0.3 is 9.84 Å². The van der Waals surface area contributed by atoms with Crippen LogP contribution in [-0.4, -0.2) is 28.6 Å². The summed E-state index contributed by atoms with van der Waals surface area (Å²) in [6.07, 6.45) is 8.87. The van der Waals surface area contributed by atoms with E-state index in [0.717, 1.165) is 24.3 Å². The fourth-order valence-electron chi connectivity index (χ4n) is 2.80. The van der Waals surface area contributed by atoms with Gasteiger partial charge in [0, 0.05) is 11.5 Å². The standard InChI is InChI=1S/C22H34O4S/c1-18(2)10-6-4-3-5-7-11-19-12-8-9-13-20(19)26-22(25)15-17-27-16-14-21(23)24/h8-9,12-13,18H,3-7,10-11,14-17H2,1-2H3,(H,23,24). The van der Waals surface area contributed by atoms with Gasteiger partial charge in [0.2, 0.25) is 0 Å². The second-order valence-electron chi connectivity index (χ2n) is 7.29. The molecule has 27 heavy (non-hydrogen) atoms. The average molecular weight is 395 g/mol. The van der Waals surface area contributed by atoms with E-state index in [2.05, 4.69) is 13.8 Å². The SMILES string of the molecule is CC(C)CCCCCCCc1ccccc1OC(=O)CCSCCC(=O)O. The molecular formula is C22H34O4S. The molecule has 0 aliphatic carbocycles. The van der Waals surface area contributed by atoms with Crippen molar-refractivity contribution >= 4 is 23.7 Å². The first-order chi connectivity index (χ1) is 13.0. The molecule has 0 spiro atoms. The predicted molar refractivity (Wildman–Crippen MR) is 113 cm³/mol. The van der Waals surface area contributed by atoms with Crippen molar-refractivity contribution in [2.75, 3.05) is 11.5 Å². The summed E-state index contributed by atoms with van der Waals surface area (Å²) in [6, 6.07) is 7.76. The van der Waals surface area contributed by atoms with E-state index >= 15 is 0 Å². The summed E-state index contributed by atoms with van der Waals surface area (Å²) < 4.78 is 5.53. The summed E-state index contributed by atoms with van der Waals surface area (Å²) in [4.78, 5) is 22.5. The van der Waals surface area contributed by atoms with E-state index in [-0.39, 0.29) is 12.4 Å². The number of hydrogen-bond donors (Lipinski definition) is 1. The lowest BCUT2D eigenvalue weighted by molar-refractivity contribution is -0.136. The van der Waals surface area contributed by atoms with Gasteiger partial charge in [0.15, 0.2) is 0 Å². The fourth-order valence-corrected chi connectivity index (χ4v) is 3.63. The van der Waals surface area contributed by atoms with Gasteiger partial charge in [0.05, 0.1) is 12.8 Å². The minimum absolute atomic E-state index is 0.125. The minimum atomic E-state index is -0.807. The van der Waals surface area contributed by atoms with Crippen molar-refractivity contribution < 1.29 is 19.4 Å². The largest absolute Gasteiger partial charge is 0.481 e. The number of aryl methyl sites for hydroxylation is 1. The molecule has 5 heteroatoms. The summed E-state index contributed by atoms with van der Waals surface area (Å²) in [7, 11) is 0. The van der Waals surface area contributed by atoms with Crippen LogP contribution in [0.1, 0.15) is 70.8 Å². The third kappa shape index (κ3) is 12.5. The Balaban J connectivity index is 2.26. The van der Waals surface area contributed by atoms with Crippen LogP contribution in [0, 0.1) is 5.92 Å². The molecule has 0 atom stereocenters. The molecule has 0 fully saturated rings. The Morgan fingerprint density at radius 2 is 1.67 bits per heavy atom. The van der Waals surface area contributed by atoms with Crippen molar-refractivity contribution in [1.82, 2.24) is 0 Å². The van der Waals surface area contributed by atoms with Crippen LogP contribution in [0.3, 0.4) is 0 Å². The van der Waals surface area contributed by atoms with Gasteiger partial charge in [0.1, 0.15) is 5.75 Å². The molecule has 1 N–H and O–H groups in total. The Morgan fingerprint density at radius 1 is 1.00 bits per heavy atom. The first kappa shape index (κ1) is 23.5. The Hall–Kier alpha value is -1.49. The molecule has 0 saturated carbocycles. The topological polar surface area (TPSA) is 63.6 Å². The van der Waals surface area contributed by atoms with Crippen molar-refractivity contribution in [3.05, 3.63) is 29.8 Å². The van der Waals surface area contributed by atoms with Crippen LogP contribution in [-0.2, 0) is 16.0 Å². The summed E-state index contributed by atoms with van der Waals surface area (Å²) in [5, 5.41) is 8.60. The quantitative estimate of drug-likeness (QED) is 0.234. The minimum Gasteiger partial charge on any atom is -0.481 e. The maximum Gasteiger partial charge on any atom is 0.312 e. The number of carboxylic acids is 1. The second kappa shape index (κ2) is 14.6. The highest BCUT2D eigenvalue weighted by atomic mass is 32.2. The van der Waals surface area contributed by atoms with Gasteiger partial charge in [-0.25, -0.2) is 0 Å². The molecule has 0 bridgehead atoms. The van der Waals surface area contributed by atoms with E-state index in [1.807, 2.05) is 24.3 Å². The van der Waals surface area contributed by atoms with Gasteiger partial charge in [-0.1, -0.05) is 64.2 Å². The average Bonchev–Trinajstić information content (AvgIpc) is 2.61. The van der Waals surface area contributed by atoms with Crippen molar-refractivity contribution in [2.24, 2.45) is 5.92 Å². The molecule has 4 nitrogen and oxygen atoms in total. The van der Waals surface area contributed by atoms with E-state index in [0.29, 0.717) is 23.7 Å². The Bertz CT molecular complexity index is 557. The first-order valence-corrected chi connectivity index (χ1v) is 11.2. The van der Waals surface area contributed by atoms with Crippen molar-refractivity contribution in [2.45, 2.75) is 71.6 Å². The van der Waals surface area contributed by atoms with Gasteiger partial charge in [-0.3, -0.25) is 9.59 Å². The zero-order valence-corrected chi connectivity index (χ0v) is 17.6. The Morgan fingerprint density at radius 3 is 2.41 bits per heavy atom. The van der Waals surface area contributed by atoms with Gasteiger partial charge >= 0.3 is 11.9 Å². The van der Waals surface area contributed by atoms with Crippen molar-refractivity contribution in [3.63, 3.8) is 0 Å². The Kier molecular flexibility index (Phi) is 12.7. The molecule has 0 saturated heterocycles. The summed E-state index contributed by atoms with van der Waals surface area (Å²) >= 11 is 1.47. The molecule has 0 aromatic heterocycles. The molecule has 0 heterocycles. The highest BCUT2D eigenvalue weighted by molar-refractivity contribution is 7.99. The molecule has 0 aliphatic heterocycles. The lowest BCUT2D eigenvalue weighted by Crippen LogP contribution is -2.10. The van der Waals surface area contributed by atoms with Gasteiger partial charge in [0.25, 0.3) is 0 Å². The van der Waals surface area contributed by atoms with E-state index < -0.39 is 5.97 Å². The molecule has 152 valence electrons. The number of hydrogen-bond acceptors (Lipinski definition) is 4. The van der Waals surface area contributed by atoms with Crippen LogP contribution in [0.25, 0.3) is 0 Å². The van der Waals surface area contributed by atoms with Crippen LogP contribution < -0.4 is 4.74 Å². The molecule has 0 radical (unpaired) electrons. The van der Waals surface area contributed by atoms with E-state index in [9.17, 15) is 9.59 Å². The summed E-state index contributed by atoms with van der Waals surface area (Å²) in [5.41, 5.74) is 1.09. The van der Waals surface area contributed by atoms with Crippen LogP contribution in [0.4, 0.5) is 0 Å². The van der Waals surface area contributed by atoms with Crippen LogP contribution in [0.2, 0.25) is 0 Å². The smallest absolute Gasteiger partial charge is 0.312 e. The molecule has 1 aromatic carbocycles. The maximum atomic E-state index is 12.0. The molecule has 0 unspecified atom stereocenters. The second-order valence-corrected chi connectivity index (χ2v) is 8.51. The van der Waals surface area contributed by atoms with E-state index in [1.165, 1.54) is 43.9 Å². The number of carboxylic acid groups (broad SMARTS) is 1. The van der Waals surface area contributed by atoms with Gasteiger partial charge in [-0.05, 0) is 30.4 Å². The van der Waals surface area contributed by atoms with Gasteiger partial charge in [-0.2, -0.15) is 11.8 Å². The molecule has 1 aromatic rings. The summed E-state index contributed by atoms with van der Waals surface area (Å²) in [6.45, 7) is 4.54. The first-order valence-electron chi connectivity index (χ1n) is 10.1. The number of carbonyl (C=O) groups excluding carboxylic acids is 1. The lowest BCUT2D eigenvalue weighted by Gasteiger charge is -2.10. The van der Waals surface area contributed by atoms with Crippen LogP contribution in [0.15, 0.2) is 24.3 Å². The lowest BCUT2D eigenvalue weighted by atomic mass is 10.0.